The van der Waals surface area contributed by atoms with Gasteiger partial charge in [0.2, 0.25) is 0 Å². The molecule has 0 fully saturated rings. The van der Waals surface area contributed by atoms with Crippen LogP contribution in [-0.4, -0.2) is 22.0 Å². The molecule has 5 heteroatoms. The Labute approximate surface area is 105 Å². The van der Waals surface area contributed by atoms with Crippen LogP contribution in [-0.2, 0) is 6.54 Å². The Morgan fingerprint density at radius 2 is 1.94 bits per heavy atom. The molecule has 0 saturated carbocycles. The predicted octanol–water partition coefficient (Wildman–Crippen LogP) is 2.49. The first kappa shape index (κ1) is 12.0. The second-order valence-corrected chi connectivity index (χ2v) is 5.10. The number of thiazole rings is 1. The molecule has 0 spiro atoms. The number of aryl methyl sites for hydroxylation is 3. The van der Waals surface area contributed by atoms with Crippen molar-refractivity contribution in [2.75, 3.05) is 11.9 Å². The van der Waals surface area contributed by atoms with Gasteiger partial charge in [0.1, 0.15) is 10.8 Å². The Balaban J connectivity index is 2.19. The molecule has 2 rings (SSSR count). The molecule has 0 saturated heterocycles. The molecular weight excluding hydrogens is 232 g/mol. The van der Waals surface area contributed by atoms with E-state index in [9.17, 15) is 0 Å². The Morgan fingerprint density at radius 3 is 2.59 bits per heavy atom. The summed E-state index contributed by atoms with van der Waals surface area (Å²) >= 11 is 1.68. The fraction of sp³-hybridized carbons (Fsp3) is 0.417. The largest absolute Gasteiger partial charge is 0.351 e. The Hall–Kier alpha value is -1.49. The van der Waals surface area contributed by atoms with Crippen molar-refractivity contribution in [1.82, 2.24) is 15.0 Å². The number of aromatic nitrogens is 3. The SMILES string of the molecule is Cc1csc(CN(C)c2nc(C)cnc2C)n1. The van der Waals surface area contributed by atoms with Gasteiger partial charge in [-0.25, -0.2) is 9.97 Å². The van der Waals surface area contributed by atoms with Gasteiger partial charge >= 0.3 is 0 Å². The first-order valence-electron chi connectivity index (χ1n) is 5.48. The van der Waals surface area contributed by atoms with Crippen molar-refractivity contribution in [3.8, 4) is 0 Å². The van der Waals surface area contributed by atoms with E-state index in [-0.39, 0.29) is 0 Å². The summed E-state index contributed by atoms with van der Waals surface area (Å²) in [5, 5.41) is 3.17. The first-order chi connectivity index (χ1) is 8.06. The molecule has 0 bridgehead atoms. The van der Waals surface area contributed by atoms with Crippen molar-refractivity contribution in [1.29, 1.82) is 0 Å². The van der Waals surface area contributed by atoms with Gasteiger partial charge in [0.15, 0.2) is 0 Å². The van der Waals surface area contributed by atoms with Crippen molar-refractivity contribution in [2.45, 2.75) is 27.3 Å². The van der Waals surface area contributed by atoms with Gasteiger partial charge in [0, 0.05) is 24.3 Å². The lowest BCUT2D eigenvalue weighted by molar-refractivity contribution is 0.859. The maximum Gasteiger partial charge on any atom is 0.150 e. The summed E-state index contributed by atoms with van der Waals surface area (Å²) in [5.41, 5.74) is 2.96. The van der Waals surface area contributed by atoms with Crippen LogP contribution in [0.3, 0.4) is 0 Å². The monoisotopic (exact) mass is 248 g/mol. The molecule has 0 aliphatic carbocycles. The second-order valence-electron chi connectivity index (χ2n) is 4.16. The van der Waals surface area contributed by atoms with Gasteiger partial charge in [-0.2, -0.15) is 0 Å². The topological polar surface area (TPSA) is 41.9 Å². The minimum atomic E-state index is 0.775. The van der Waals surface area contributed by atoms with Gasteiger partial charge in [0.05, 0.1) is 17.9 Å². The van der Waals surface area contributed by atoms with Crippen LogP contribution in [0.5, 0.6) is 0 Å². The first-order valence-corrected chi connectivity index (χ1v) is 6.36. The summed E-state index contributed by atoms with van der Waals surface area (Å²) in [6, 6.07) is 0. The fourth-order valence-corrected chi connectivity index (χ4v) is 2.46. The number of anilines is 1. The summed E-state index contributed by atoms with van der Waals surface area (Å²) in [7, 11) is 2.02. The molecule has 0 aliphatic rings. The van der Waals surface area contributed by atoms with Gasteiger partial charge in [-0.15, -0.1) is 11.3 Å². The molecule has 2 aromatic heterocycles. The third-order valence-corrected chi connectivity index (χ3v) is 3.40. The lowest BCUT2D eigenvalue weighted by atomic mass is 10.4. The quantitative estimate of drug-likeness (QED) is 0.837. The molecule has 2 heterocycles. The van der Waals surface area contributed by atoms with E-state index in [2.05, 4.69) is 25.2 Å². The molecule has 0 aromatic carbocycles. The van der Waals surface area contributed by atoms with Crippen LogP contribution in [0, 0.1) is 20.8 Å². The van der Waals surface area contributed by atoms with Crippen molar-refractivity contribution in [2.24, 2.45) is 0 Å². The molecule has 17 heavy (non-hydrogen) atoms. The summed E-state index contributed by atoms with van der Waals surface area (Å²) in [5.74, 6) is 0.929. The van der Waals surface area contributed by atoms with Gasteiger partial charge in [-0.3, -0.25) is 4.98 Å². The zero-order valence-corrected chi connectivity index (χ0v) is 11.4. The lowest BCUT2D eigenvalue weighted by Crippen LogP contribution is -2.19. The Kier molecular flexibility index (Phi) is 3.38. The summed E-state index contributed by atoms with van der Waals surface area (Å²) < 4.78 is 0. The number of nitrogens with zero attached hydrogens (tertiary/aromatic N) is 4. The van der Waals surface area contributed by atoms with Crippen LogP contribution in [0.4, 0.5) is 5.82 Å². The normalized spacial score (nSPS) is 10.6. The van der Waals surface area contributed by atoms with E-state index in [1.54, 1.807) is 17.5 Å². The highest BCUT2D eigenvalue weighted by Gasteiger charge is 2.10. The highest BCUT2D eigenvalue weighted by atomic mass is 32.1. The fourth-order valence-electron chi connectivity index (χ4n) is 1.64. The molecule has 0 atom stereocenters. The van der Waals surface area contributed by atoms with Crippen LogP contribution in [0.1, 0.15) is 22.1 Å². The van der Waals surface area contributed by atoms with E-state index in [1.165, 1.54) is 0 Å². The maximum absolute atomic E-state index is 4.52. The zero-order valence-electron chi connectivity index (χ0n) is 10.6. The molecule has 2 aromatic rings. The third-order valence-electron chi connectivity index (χ3n) is 2.45. The van der Waals surface area contributed by atoms with Gasteiger partial charge in [-0.05, 0) is 20.8 Å². The van der Waals surface area contributed by atoms with Gasteiger partial charge in [-0.1, -0.05) is 0 Å². The van der Waals surface area contributed by atoms with Crippen LogP contribution >= 0.6 is 11.3 Å². The van der Waals surface area contributed by atoms with Gasteiger partial charge < -0.3 is 4.90 Å². The number of rotatable bonds is 3. The van der Waals surface area contributed by atoms with E-state index in [1.807, 2.05) is 27.8 Å². The number of hydrogen-bond acceptors (Lipinski definition) is 5. The van der Waals surface area contributed by atoms with E-state index in [0.717, 1.165) is 34.5 Å². The highest BCUT2D eigenvalue weighted by Crippen LogP contribution is 2.18. The van der Waals surface area contributed by atoms with Crippen LogP contribution in [0.25, 0.3) is 0 Å². The highest BCUT2D eigenvalue weighted by molar-refractivity contribution is 7.09. The molecular formula is C12H16N4S. The molecule has 0 unspecified atom stereocenters. The molecule has 0 amide bonds. The Bertz CT molecular complexity index is 521. The van der Waals surface area contributed by atoms with Crippen molar-refractivity contribution in [3.05, 3.63) is 33.7 Å². The predicted molar refractivity (Wildman–Crippen MR) is 70.5 cm³/mol. The average molecular weight is 248 g/mol. The van der Waals surface area contributed by atoms with E-state index in [4.69, 9.17) is 0 Å². The molecule has 0 aliphatic heterocycles. The Morgan fingerprint density at radius 1 is 1.18 bits per heavy atom. The maximum atomic E-state index is 4.52. The minimum Gasteiger partial charge on any atom is -0.351 e. The smallest absolute Gasteiger partial charge is 0.150 e. The third kappa shape index (κ3) is 2.79. The second kappa shape index (κ2) is 4.79. The molecule has 0 radical (unpaired) electrons. The average Bonchev–Trinajstić information content (AvgIpc) is 2.67. The van der Waals surface area contributed by atoms with Crippen molar-refractivity contribution in [3.63, 3.8) is 0 Å². The zero-order chi connectivity index (χ0) is 12.4. The molecule has 4 nitrogen and oxygen atoms in total. The molecule has 0 N–H and O–H groups in total. The van der Waals surface area contributed by atoms with Crippen LogP contribution < -0.4 is 4.90 Å². The minimum absolute atomic E-state index is 0.775. The van der Waals surface area contributed by atoms with Crippen molar-refractivity contribution < 1.29 is 0 Å². The van der Waals surface area contributed by atoms with E-state index >= 15 is 0 Å². The van der Waals surface area contributed by atoms with Crippen LogP contribution in [0.2, 0.25) is 0 Å². The van der Waals surface area contributed by atoms with Crippen molar-refractivity contribution >= 4 is 17.2 Å². The lowest BCUT2D eigenvalue weighted by Gasteiger charge is -2.18. The van der Waals surface area contributed by atoms with E-state index < -0.39 is 0 Å². The van der Waals surface area contributed by atoms with E-state index in [0.29, 0.717) is 0 Å². The standard InChI is InChI=1S/C12H16N4S/c1-8-5-13-10(3)12(15-8)16(4)6-11-14-9(2)7-17-11/h5,7H,6H2,1-4H3. The summed E-state index contributed by atoms with van der Waals surface area (Å²) in [6.07, 6.45) is 1.79. The van der Waals surface area contributed by atoms with Gasteiger partial charge in [0.25, 0.3) is 0 Å². The number of hydrogen-bond donors (Lipinski definition) is 0. The molecule has 90 valence electrons. The summed E-state index contributed by atoms with van der Waals surface area (Å²) in [6.45, 7) is 6.72. The van der Waals surface area contributed by atoms with Crippen LogP contribution in [0.15, 0.2) is 11.6 Å². The summed E-state index contributed by atoms with van der Waals surface area (Å²) in [4.78, 5) is 15.4.